The lowest BCUT2D eigenvalue weighted by atomic mass is 10.1. The lowest BCUT2D eigenvalue weighted by molar-refractivity contribution is 0.0268. The van der Waals surface area contributed by atoms with Gasteiger partial charge in [0, 0.05) is 39.2 Å². The van der Waals surface area contributed by atoms with Gasteiger partial charge in [-0.25, -0.2) is 0 Å². The number of nitrogens with zero attached hydrogens (tertiary/aromatic N) is 3. The summed E-state index contributed by atoms with van der Waals surface area (Å²) in [5.74, 6) is 2.06. The third-order valence-electron chi connectivity index (χ3n) is 4.15. The first-order chi connectivity index (χ1) is 12.5. The van der Waals surface area contributed by atoms with E-state index in [9.17, 15) is 0 Å². The Bertz CT molecular complexity index is 707. The Balaban J connectivity index is 1.82. The highest BCUT2D eigenvalue weighted by molar-refractivity contribution is 5.79. The van der Waals surface area contributed by atoms with E-state index in [0.717, 1.165) is 36.7 Å². The maximum absolute atomic E-state index is 5.40. The average molecular weight is 359 g/mol. The van der Waals surface area contributed by atoms with E-state index in [4.69, 9.17) is 9.26 Å². The van der Waals surface area contributed by atoms with E-state index < -0.39 is 0 Å². The van der Waals surface area contributed by atoms with Gasteiger partial charge in [0.2, 0.25) is 0 Å². The molecule has 1 aromatic heterocycles. The molecule has 1 heterocycles. The molecule has 0 aliphatic rings. The Hall–Kier alpha value is -2.41. The van der Waals surface area contributed by atoms with Crippen molar-refractivity contribution in [2.75, 3.05) is 27.2 Å². The number of aliphatic imine (C=N–C) groups is 1. The van der Waals surface area contributed by atoms with E-state index in [1.54, 1.807) is 14.2 Å². The first-order valence-electron chi connectivity index (χ1n) is 8.89. The summed E-state index contributed by atoms with van der Waals surface area (Å²) in [6.07, 6.45) is 1.66. The fourth-order valence-electron chi connectivity index (χ4n) is 2.24. The third-order valence-corrected chi connectivity index (χ3v) is 4.15. The molecule has 0 aliphatic carbocycles. The number of hydrogen-bond donors (Lipinski definition) is 2. The van der Waals surface area contributed by atoms with Crippen LogP contribution in [0.25, 0.3) is 11.5 Å². The van der Waals surface area contributed by atoms with Crippen molar-refractivity contribution in [3.63, 3.8) is 0 Å². The summed E-state index contributed by atoms with van der Waals surface area (Å²) in [6, 6.07) is 8.18. The van der Waals surface area contributed by atoms with Gasteiger partial charge >= 0.3 is 0 Å². The first kappa shape index (κ1) is 19.9. The van der Waals surface area contributed by atoms with Gasteiger partial charge in [0.25, 0.3) is 5.89 Å². The highest BCUT2D eigenvalue weighted by atomic mass is 16.5. The molecule has 7 heteroatoms. The number of aryl methyl sites for hydroxylation is 1. The topological polar surface area (TPSA) is 84.6 Å². The molecule has 26 heavy (non-hydrogen) atoms. The molecule has 2 N–H and O–H groups in total. The molecular weight excluding hydrogens is 330 g/mol. The fourth-order valence-corrected chi connectivity index (χ4v) is 2.24. The quantitative estimate of drug-likeness (QED) is 0.556. The zero-order valence-electron chi connectivity index (χ0n) is 16.3. The van der Waals surface area contributed by atoms with Gasteiger partial charge in [0.15, 0.2) is 11.8 Å². The van der Waals surface area contributed by atoms with Crippen molar-refractivity contribution in [3.8, 4) is 11.5 Å². The molecule has 0 saturated heterocycles. The Morgan fingerprint density at radius 2 is 1.96 bits per heavy atom. The molecule has 0 saturated carbocycles. The molecule has 0 amide bonds. The highest BCUT2D eigenvalue weighted by Crippen LogP contribution is 2.18. The van der Waals surface area contributed by atoms with Crippen molar-refractivity contribution >= 4 is 5.96 Å². The number of methoxy groups -OCH3 is 1. The van der Waals surface area contributed by atoms with Crippen molar-refractivity contribution in [2.45, 2.75) is 39.2 Å². The van der Waals surface area contributed by atoms with Gasteiger partial charge in [-0.3, -0.25) is 4.99 Å². The monoisotopic (exact) mass is 359 g/mol. The summed E-state index contributed by atoms with van der Waals surface area (Å²) < 4.78 is 10.7. The van der Waals surface area contributed by atoms with Crippen LogP contribution in [0.5, 0.6) is 0 Å². The van der Waals surface area contributed by atoms with Crippen molar-refractivity contribution < 1.29 is 9.26 Å². The molecule has 1 aromatic carbocycles. The van der Waals surface area contributed by atoms with Crippen LogP contribution in [0.15, 0.2) is 33.8 Å². The van der Waals surface area contributed by atoms with Gasteiger partial charge in [-0.15, -0.1) is 0 Å². The Morgan fingerprint density at radius 1 is 1.23 bits per heavy atom. The molecule has 0 fully saturated rings. The number of rotatable bonds is 8. The average Bonchev–Trinajstić information content (AvgIpc) is 3.14. The van der Waals surface area contributed by atoms with Crippen LogP contribution in [0.3, 0.4) is 0 Å². The molecule has 0 unspecified atom stereocenters. The number of benzene rings is 1. The smallest absolute Gasteiger partial charge is 0.257 e. The van der Waals surface area contributed by atoms with Crippen LogP contribution in [0.2, 0.25) is 0 Å². The number of guanidine groups is 1. The lowest BCUT2D eigenvalue weighted by Crippen LogP contribution is -2.45. The minimum atomic E-state index is -0.236. The van der Waals surface area contributed by atoms with E-state index in [1.165, 1.54) is 5.56 Å². The van der Waals surface area contributed by atoms with Gasteiger partial charge < -0.3 is 19.9 Å². The van der Waals surface area contributed by atoms with Gasteiger partial charge in [0.05, 0.1) is 5.60 Å². The summed E-state index contributed by atoms with van der Waals surface area (Å²) in [7, 11) is 3.47. The summed E-state index contributed by atoms with van der Waals surface area (Å²) in [6.45, 7) is 7.53. The number of nitrogens with one attached hydrogen (secondary N) is 2. The Morgan fingerprint density at radius 3 is 2.54 bits per heavy atom. The normalized spacial score (nSPS) is 12.3. The van der Waals surface area contributed by atoms with Crippen molar-refractivity contribution in [1.82, 2.24) is 20.8 Å². The van der Waals surface area contributed by atoms with Crippen LogP contribution in [-0.4, -0.2) is 48.9 Å². The second-order valence-corrected chi connectivity index (χ2v) is 6.63. The van der Waals surface area contributed by atoms with E-state index in [2.05, 4.69) is 37.9 Å². The first-order valence-corrected chi connectivity index (χ1v) is 8.89. The van der Waals surface area contributed by atoms with Gasteiger partial charge in [-0.2, -0.15) is 4.98 Å². The second kappa shape index (κ2) is 9.33. The molecule has 2 aromatic rings. The Labute approximate surface area is 155 Å². The zero-order valence-corrected chi connectivity index (χ0v) is 16.3. The van der Waals surface area contributed by atoms with Crippen LogP contribution in [0.4, 0.5) is 0 Å². The molecule has 142 valence electrons. The molecule has 0 bridgehead atoms. The number of ether oxygens (including phenoxy) is 1. The van der Waals surface area contributed by atoms with Crippen LogP contribution >= 0.6 is 0 Å². The maximum Gasteiger partial charge on any atom is 0.257 e. The summed E-state index contributed by atoms with van der Waals surface area (Å²) in [4.78, 5) is 8.58. The highest BCUT2D eigenvalue weighted by Gasteiger charge is 2.16. The summed E-state index contributed by atoms with van der Waals surface area (Å²) >= 11 is 0. The van der Waals surface area contributed by atoms with Crippen LogP contribution in [0, 0.1) is 0 Å². The predicted octanol–water partition coefficient (Wildman–Crippen LogP) is 2.43. The molecule has 0 aliphatic heterocycles. The standard InChI is InChI=1S/C19H29N5O2/c1-6-16-23-17(26-24-16)15-9-7-14(8-10-15)11-12-21-18(20-4)22-13-19(2,3)25-5/h7-10H,6,11-13H2,1-5H3,(H2,20,21,22). The van der Waals surface area contributed by atoms with Crippen molar-refractivity contribution in [1.29, 1.82) is 0 Å². The predicted molar refractivity (Wildman–Crippen MR) is 103 cm³/mol. The van der Waals surface area contributed by atoms with Crippen LogP contribution in [-0.2, 0) is 17.6 Å². The molecule has 2 rings (SSSR count). The lowest BCUT2D eigenvalue weighted by Gasteiger charge is -2.24. The maximum atomic E-state index is 5.40. The van der Waals surface area contributed by atoms with Crippen LogP contribution in [0.1, 0.15) is 32.2 Å². The van der Waals surface area contributed by atoms with E-state index in [-0.39, 0.29) is 5.60 Å². The van der Waals surface area contributed by atoms with Crippen molar-refractivity contribution in [2.24, 2.45) is 4.99 Å². The summed E-state index contributed by atoms with van der Waals surface area (Å²) in [5, 5.41) is 10.5. The van der Waals surface area contributed by atoms with Gasteiger partial charge in [-0.1, -0.05) is 24.2 Å². The zero-order chi connectivity index (χ0) is 19.0. The number of aromatic nitrogens is 2. The SMILES string of the molecule is CCc1noc(-c2ccc(CCNC(=NC)NCC(C)(C)OC)cc2)n1. The number of hydrogen-bond acceptors (Lipinski definition) is 5. The summed E-state index contributed by atoms with van der Waals surface area (Å²) in [5.41, 5.74) is 1.93. The largest absolute Gasteiger partial charge is 0.377 e. The molecule has 0 radical (unpaired) electrons. The molecule has 7 nitrogen and oxygen atoms in total. The van der Waals surface area contributed by atoms with Gasteiger partial charge in [-0.05, 0) is 38.0 Å². The third kappa shape index (κ3) is 5.84. The van der Waals surface area contributed by atoms with Crippen molar-refractivity contribution in [3.05, 3.63) is 35.7 Å². The van der Waals surface area contributed by atoms with E-state index >= 15 is 0 Å². The minimum Gasteiger partial charge on any atom is -0.377 e. The molecule has 0 atom stereocenters. The fraction of sp³-hybridized carbons (Fsp3) is 0.526. The van der Waals surface area contributed by atoms with E-state index in [1.807, 2.05) is 32.9 Å². The van der Waals surface area contributed by atoms with Crippen LogP contribution < -0.4 is 10.6 Å². The second-order valence-electron chi connectivity index (χ2n) is 6.63. The molecular formula is C19H29N5O2. The van der Waals surface area contributed by atoms with E-state index in [0.29, 0.717) is 12.4 Å². The Kier molecular flexibility index (Phi) is 7.15. The minimum absolute atomic E-state index is 0.236. The van der Waals surface area contributed by atoms with Gasteiger partial charge in [0.1, 0.15) is 0 Å². The molecule has 0 spiro atoms.